The van der Waals surface area contributed by atoms with Crippen LogP contribution in [0.5, 0.6) is 0 Å². The van der Waals surface area contributed by atoms with Crippen LogP contribution in [0.4, 0.5) is 10.1 Å². The molecule has 1 heterocycles. The van der Waals surface area contributed by atoms with Gasteiger partial charge in [-0.3, -0.25) is 4.68 Å². The van der Waals surface area contributed by atoms with Crippen molar-refractivity contribution in [3.05, 3.63) is 35.8 Å². The highest BCUT2D eigenvalue weighted by molar-refractivity contribution is 5.67. The molecule has 1 aromatic carbocycles. The summed E-state index contributed by atoms with van der Waals surface area (Å²) in [4.78, 5) is 0. The summed E-state index contributed by atoms with van der Waals surface area (Å²) in [5.74, 6) is -0.265. The van der Waals surface area contributed by atoms with E-state index < -0.39 is 0 Å². The SMILES string of the molecule is Cc1cc(F)c(-c2ccnn2C(C)C)cc1N. The molecule has 2 N–H and O–H groups in total. The maximum atomic E-state index is 13.9. The van der Waals surface area contributed by atoms with Crippen LogP contribution in [0.1, 0.15) is 25.5 Å². The first kappa shape index (κ1) is 11.6. The summed E-state index contributed by atoms with van der Waals surface area (Å²) in [5.41, 5.74) is 8.43. The molecule has 0 radical (unpaired) electrons. The highest BCUT2D eigenvalue weighted by Crippen LogP contribution is 2.28. The van der Waals surface area contributed by atoms with Crippen LogP contribution in [0, 0.1) is 12.7 Å². The molecule has 0 amide bonds. The quantitative estimate of drug-likeness (QED) is 0.810. The van der Waals surface area contributed by atoms with Crippen molar-refractivity contribution in [1.82, 2.24) is 9.78 Å². The fourth-order valence-corrected chi connectivity index (χ4v) is 1.82. The lowest BCUT2D eigenvalue weighted by molar-refractivity contribution is 0.535. The minimum absolute atomic E-state index is 0.182. The molecule has 3 nitrogen and oxygen atoms in total. The molecule has 0 unspecified atom stereocenters. The molecule has 0 aliphatic carbocycles. The largest absolute Gasteiger partial charge is 0.398 e. The third-order valence-electron chi connectivity index (χ3n) is 2.79. The molecule has 2 rings (SSSR count). The summed E-state index contributed by atoms with van der Waals surface area (Å²) in [6.45, 7) is 5.81. The predicted octanol–water partition coefficient (Wildman–Crippen LogP) is 3.16. The maximum Gasteiger partial charge on any atom is 0.132 e. The van der Waals surface area contributed by atoms with E-state index in [0.29, 0.717) is 11.3 Å². The van der Waals surface area contributed by atoms with E-state index in [1.807, 2.05) is 13.8 Å². The predicted molar refractivity (Wildman–Crippen MR) is 67.2 cm³/mol. The molecule has 0 spiro atoms. The third-order valence-corrected chi connectivity index (χ3v) is 2.79. The van der Waals surface area contributed by atoms with Crippen molar-refractivity contribution in [3.63, 3.8) is 0 Å². The molecule has 0 aliphatic rings. The zero-order chi connectivity index (χ0) is 12.6. The molecule has 0 aliphatic heterocycles. The van der Waals surface area contributed by atoms with Gasteiger partial charge in [-0.1, -0.05) is 0 Å². The molecule has 0 atom stereocenters. The standard InChI is InChI=1S/C13H16FN3/c1-8(2)17-13(4-5-16-17)10-7-12(15)9(3)6-11(10)14/h4-8H,15H2,1-3H3. The lowest BCUT2D eigenvalue weighted by Gasteiger charge is -2.12. The monoisotopic (exact) mass is 233 g/mol. The van der Waals surface area contributed by atoms with Crippen molar-refractivity contribution >= 4 is 5.69 Å². The van der Waals surface area contributed by atoms with Gasteiger partial charge in [0.15, 0.2) is 0 Å². The van der Waals surface area contributed by atoms with E-state index in [0.717, 1.165) is 11.3 Å². The zero-order valence-corrected chi connectivity index (χ0v) is 10.2. The highest BCUT2D eigenvalue weighted by Gasteiger charge is 2.13. The fourth-order valence-electron chi connectivity index (χ4n) is 1.82. The van der Waals surface area contributed by atoms with E-state index in [1.54, 1.807) is 29.9 Å². The molecule has 4 heteroatoms. The third kappa shape index (κ3) is 2.02. The van der Waals surface area contributed by atoms with Crippen LogP contribution < -0.4 is 5.73 Å². The molecule has 17 heavy (non-hydrogen) atoms. The number of hydrogen-bond acceptors (Lipinski definition) is 2. The van der Waals surface area contributed by atoms with Crippen molar-refractivity contribution in [2.45, 2.75) is 26.8 Å². The Morgan fingerprint density at radius 3 is 2.71 bits per heavy atom. The summed E-state index contributed by atoms with van der Waals surface area (Å²) in [6.07, 6.45) is 1.67. The Hall–Kier alpha value is -1.84. The molecule has 1 aromatic heterocycles. The molecule has 0 saturated heterocycles. The number of nitrogens with two attached hydrogens (primary N) is 1. The van der Waals surface area contributed by atoms with Crippen LogP contribution in [0.25, 0.3) is 11.3 Å². The second kappa shape index (κ2) is 4.20. The maximum absolute atomic E-state index is 13.9. The second-order valence-electron chi connectivity index (χ2n) is 4.44. The number of hydrogen-bond donors (Lipinski definition) is 1. The number of halogens is 1. The molecule has 90 valence electrons. The average Bonchev–Trinajstić information content (AvgIpc) is 2.72. The summed E-state index contributed by atoms with van der Waals surface area (Å²) in [7, 11) is 0. The van der Waals surface area contributed by atoms with Gasteiger partial charge in [-0.15, -0.1) is 0 Å². The number of aryl methyl sites for hydroxylation is 1. The van der Waals surface area contributed by atoms with Gasteiger partial charge in [0.2, 0.25) is 0 Å². The van der Waals surface area contributed by atoms with Gasteiger partial charge >= 0.3 is 0 Å². The lowest BCUT2D eigenvalue weighted by Crippen LogP contribution is -2.06. The van der Waals surface area contributed by atoms with Gasteiger partial charge in [0.25, 0.3) is 0 Å². The van der Waals surface area contributed by atoms with Gasteiger partial charge in [-0.25, -0.2) is 4.39 Å². The van der Waals surface area contributed by atoms with Gasteiger partial charge in [0.05, 0.1) is 5.69 Å². The number of nitrogen functional groups attached to an aromatic ring is 1. The molecule has 0 fully saturated rings. The van der Waals surface area contributed by atoms with Gasteiger partial charge < -0.3 is 5.73 Å². The van der Waals surface area contributed by atoms with E-state index in [1.165, 1.54) is 6.07 Å². The summed E-state index contributed by atoms with van der Waals surface area (Å²) < 4.78 is 15.7. The Bertz CT molecular complexity index is 544. The van der Waals surface area contributed by atoms with Gasteiger partial charge in [0, 0.05) is 23.5 Å². The first-order chi connectivity index (χ1) is 8.00. The molecular weight excluding hydrogens is 217 g/mol. The van der Waals surface area contributed by atoms with E-state index in [-0.39, 0.29) is 11.9 Å². The van der Waals surface area contributed by atoms with E-state index in [9.17, 15) is 4.39 Å². The second-order valence-corrected chi connectivity index (χ2v) is 4.44. The van der Waals surface area contributed by atoms with Crippen LogP contribution in [-0.2, 0) is 0 Å². The zero-order valence-electron chi connectivity index (χ0n) is 10.2. The minimum atomic E-state index is -0.265. The average molecular weight is 233 g/mol. The fraction of sp³-hybridized carbons (Fsp3) is 0.308. The van der Waals surface area contributed by atoms with Crippen molar-refractivity contribution in [1.29, 1.82) is 0 Å². The van der Waals surface area contributed by atoms with Gasteiger partial charge in [-0.2, -0.15) is 5.10 Å². The molecular formula is C13H16FN3. The Kier molecular flexibility index (Phi) is 2.88. The molecule has 2 aromatic rings. The summed E-state index contributed by atoms with van der Waals surface area (Å²) >= 11 is 0. The van der Waals surface area contributed by atoms with Crippen LogP contribution >= 0.6 is 0 Å². The van der Waals surface area contributed by atoms with Crippen molar-refractivity contribution in [2.75, 3.05) is 5.73 Å². The van der Waals surface area contributed by atoms with Crippen molar-refractivity contribution in [2.24, 2.45) is 0 Å². The normalized spacial score (nSPS) is 11.1. The lowest BCUT2D eigenvalue weighted by atomic mass is 10.1. The molecule has 0 saturated carbocycles. The van der Waals surface area contributed by atoms with Gasteiger partial charge in [0.1, 0.15) is 5.82 Å². The van der Waals surface area contributed by atoms with Crippen LogP contribution in [0.15, 0.2) is 24.4 Å². The first-order valence-electron chi connectivity index (χ1n) is 5.60. The number of benzene rings is 1. The van der Waals surface area contributed by atoms with Gasteiger partial charge in [-0.05, 0) is 44.5 Å². The van der Waals surface area contributed by atoms with Crippen LogP contribution in [0.3, 0.4) is 0 Å². The first-order valence-corrected chi connectivity index (χ1v) is 5.60. The smallest absolute Gasteiger partial charge is 0.132 e. The minimum Gasteiger partial charge on any atom is -0.398 e. The Morgan fingerprint density at radius 2 is 2.06 bits per heavy atom. The van der Waals surface area contributed by atoms with Crippen molar-refractivity contribution in [3.8, 4) is 11.3 Å². The van der Waals surface area contributed by atoms with E-state index in [4.69, 9.17) is 5.73 Å². The van der Waals surface area contributed by atoms with E-state index in [2.05, 4.69) is 5.10 Å². The number of rotatable bonds is 2. The van der Waals surface area contributed by atoms with Crippen LogP contribution in [-0.4, -0.2) is 9.78 Å². The Morgan fingerprint density at radius 1 is 1.35 bits per heavy atom. The Labute approximate surface area is 100 Å². The summed E-state index contributed by atoms with van der Waals surface area (Å²) in [5, 5.41) is 4.19. The number of anilines is 1. The Balaban J connectivity index is 2.60. The highest BCUT2D eigenvalue weighted by atomic mass is 19.1. The number of aromatic nitrogens is 2. The summed E-state index contributed by atoms with van der Waals surface area (Å²) in [6, 6.07) is 5.11. The topological polar surface area (TPSA) is 43.8 Å². The molecule has 0 bridgehead atoms. The van der Waals surface area contributed by atoms with E-state index >= 15 is 0 Å². The number of nitrogens with zero attached hydrogens (tertiary/aromatic N) is 2. The van der Waals surface area contributed by atoms with Crippen molar-refractivity contribution < 1.29 is 4.39 Å². The van der Waals surface area contributed by atoms with Crippen LogP contribution in [0.2, 0.25) is 0 Å².